The fourth-order valence-corrected chi connectivity index (χ4v) is 2.24. The standard InChI is InChI=1S/C14H10FN3O2S/c15-10-4-3-8(6-9(10)12(16)21)7-18-13-11(20-14(18)19)2-1-5-17-13/h1-6H,7H2,(H2,16,21). The molecule has 2 aromatic heterocycles. The molecular weight excluding hydrogens is 293 g/mol. The highest BCUT2D eigenvalue weighted by molar-refractivity contribution is 7.80. The second kappa shape index (κ2) is 5.10. The lowest BCUT2D eigenvalue weighted by atomic mass is 10.1. The first kappa shape index (κ1) is 13.4. The summed E-state index contributed by atoms with van der Waals surface area (Å²) in [5.74, 6) is -1.02. The van der Waals surface area contributed by atoms with Crippen LogP contribution in [0.2, 0.25) is 0 Å². The van der Waals surface area contributed by atoms with Gasteiger partial charge in [-0.1, -0.05) is 18.3 Å². The topological polar surface area (TPSA) is 74.0 Å². The number of nitrogens with two attached hydrogens (primary N) is 1. The minimum atomic E-state index is -0.523. The fraction of sp³-hybridized carbons (Fsp3) is 0.0714. The number of rotatable bonds is 3. The van der Waals surface area contributed by atoms with Gasteiger partial charge in [-0.15, -0.1) is 0 Å². The number of benzene rings is 1. The zero-order valence-electron chi connectivity index (χ0n) is 10.7. The highest BCUT2D eigenvalue weighted by atomic mass is 32.1. The number of thiocarbonyl (C=S) groups is 1. The van der Waals surface area contributed by atoms with Gasteiger partial charge in [-0.05, 0) is 29.8 Å². The highest BCUT2D eigenvalue weighted by Crippen LogP contribution is 2.14. The molecule has 0 atom stereocenters. The van der Waals surface area contributed by atoms with Gasteiger partial charge in [0, 0.05) is 11.8 Å². The van der Waals surface area contributed by atoms with Crippen LogP contribution >= 0.6 is 12.2 Å². The summed E-state index contributed by atoms with van der Waals surface area (Å²) < 4.78 is 20.0. The molecule has 0 saturated heterocycles. The Morgan fingerprint density at radius 1 is 1.43 bits per heavy atom. The molecule has 0 aliphatic rings. The fourth-order valence-electron chi connectivity index (χ4n) is 2.08. The van der Waals surface area contributed by atoms with Gasteiger partial charge in [-0.3, -0.25) is 4.57 Å². The zero-order chi connectivity index (χ0) is 15.0. The van der Waals surface area contributed by atoms with Crippen LogP contribution in [0.5, 0.6) is 0 Å². The van der Waals surface area contributed by atoms with Gasteiger partial charge in [0.2, 0.25) is 0 Å². The molecule has 21 heavy (non-hydrogen) atoms. The van der Waals surface area contributed by atoms with Gasteiger partial charge in [0.1, 0.15) is 10.8 Å². The van der Waals surface area contributed by atoms with E-state index in [2.05, 4.69) is 4.98 Å². The lowest BCUT2D eigenvalue weighted by Crippen LogP contribution is -2.17. The average molecular weight is 303 g/mol. The van der Waals surface area contributed by atoms with Crippen LogP contribution in [0.25, 0.3) is 11.2 Å². The van der Waals surface area contributed by atoms with Crippen molar-refractivity contribution in [3.63, 3.8) is 0 Å². The minimum Gasteiger partial charge on any atom is -0.406 e. The van der Waals surface area contributed by atoms with Gasteiger partial charge in [-0.25, -0.2) is 14.2 Å². The molecule has 3 rings (SSSR count). The molecule has 0 unspecified atom stereocenters. The van der Waals surface area contributed by atoms with Crippen LogP contribution in [0.4, 0.5) is 4.39 Å². The van der Waals surface area contributed by atoms with Crippen molar-refractivity contribution in [2.45, 2.75) is 6.54 Å². The van der Waals surface area contributed by atoms with Gasteiger partial charge in [-0.2, -0.15) is 0 Å². The Hall–Kier alpha value is -2.54. The van der Waals surface area contributed by atoms with Crippen LogP contribution in [-0.4, -0.2) is 14.5 Å². The predicted molar refractivity (Wildman–Crippen MR) is 79.7 cm³/mol. The van der Waals surface area contributed by atoms with Gasteiger partial charge < -0.3 is 10.2 Å². The SMILES string of the molecule is NC(=S)c1cc(Cn2c(=O)oc3cccnc32)ccc1F. The summed E-state index contributed by atoms with van der Waals surface area (Å²) in [6, 6.07) is 7.69. The highest BCUT2D eigenvalue weighted by Gasteiger charge is 2.12. The largest absolute Gasteiger partial charge is 0.421 e. The number of hydrogen-bond donors (Lipinski definition) is 1. The molecule has 3 aromatic rings. The number of aromatic nitrogens is 2. The number of pyridine rings is 1. The van der Waals surface area contributed by atoms with Crippen LogP contribution in [-0.2, 0) is 6.54 Å². The Morgan fingerprint density at radius 3 is 3.00 bits per heavy atom. The normalized spacial score (nSPS) is 10.9. The van der Waals surface area contributed by atoms with Crippen molar-refractivity contribution < 1.29 is 8.81 Å². The summed E-state index contributed by atoms with van der Waals surface area (Å²) >= 11 is 4.80. The lowest BCUT2D eigenvalue weighted by molar-refractivity contribution is 0.517. The van der Waals surface area contributed by atoms with Crippen LogP contribution in [0.15, 0.2) is 45.7 Å². The Balaban J connectivity index is 2.07. The van der Waals surface area contributed by atoms with E-state index in [1.54, 1.807) is 24.4 Å². The van der Waals surface area contributed by atoms with Gasteiger partial charge >= 0.3 is 5.76 Å². The van der Waals surface area contributed by atoms with E-state index >= 15 is 0 Å². The van der Waals surface area contributed by atoms with E-state index in [4.69, 9.17) is 22.4 Å². The maximum Gasteiger partial charge on any atom is 0.421 e. The molecule has 0 bridgehead atoms. The number of hydrogen-bond acceptors (Lipinski definition) is 4. The van der Waals surface area contributed by atoms with E-state index in [1.165, 1.54) is 16.7 Å². The quantitative estimate of drug-likeness (QED) is 0.747. The number of oxazole rings is 1. The van der Waals surface area contributed by atoms with Crippen molar-refractivity contribution in [2.24, 2.45) is 5.73 Å². The summed E-state index contributed by atoms with van der Waals surface area (Å²) in [5, 5.41) is 0. The monoisotopic (exact) mass is 303 g/mol. The summed E-state index contributed by atoms with van der Waals surface area (Å²) in [7, 11) is 0. The summed E-state index contributed by atoms with van der Waals surface area (Å²) in [6.07, 6.45) is 1.57. The first-order valence-electron chi connectivity index (χ1n) is 6.09. The molecule has 0 saturated carbocycles. The molecule has 5 nitrogen and oxygen atoms in total. The van der Waals surface area contributed by atoms with Crippen molar-refractivity contribution in [1.82, 2.24) is 9.55 Å². The molecule has 0 aliphatic heterocycles. The minimum absolute atomic E-state index is 0.0307. The second-order valence-corrected chi connectivity index (χ2v) is 4.90. The van der Waals surface area contributed by atoms with E-state index < -0.39 is 11.6 Å². The third-order valence-corrected chi connectivity index (χ3v) is 3.28. The predicted octanol–water partition coefficient (Wildman–Crippen LogP) is 1.81. The van der Waals surface area contributed by atoms with Crippen molar-refractivity contribution in [1.29, 1.82) is 0 Å². The zero-order valence-corrected chi connectivity index (χ0v) is 11.6. The van der Waals surface area contributed by atoms with Gasteiger partial charge in [0.05, 0.1) is 6.54 Å². The maximum absolute atomic E-state index is 13.6. The molecule has 1 aromatic carbocycles. The van der Waals surface area contributed by atoms with Crippen LogP contribution in [0.3, 0.4) is 0 Å². The Bertz CT molecular complexity index is 901. The Kier molecular flexibility index (Phi) is 3.26. The first-order chi connectivity index (χ1) is 10.1. The van der Waals surface area contributed by atoms with E-state index in [-0.39, 0.29) is 17.1 Å². The molecule has 7 heteroatoms. The first-order valence-corrected chi connectivity index (χ1v) is 6.49. The summed E-state index contributed by atoms with van der Waals surface area (Å²) in [6.45, 7) is 0.193. The van der Waals surface area contributed by atoms with Crippen molar-refractivity contribution in [3.05, 3.63) is 64.0 Å². The molecule has 2 heterocycles. The molecule has 0 radical (unpaired) electrons. The smallest absolute Gasteiger partial charge is 0.406 e. The molecule has 2 N–H and O–H groups in total. The lowest BCUT2D eigenvalue weighted by Gasteiger charge is -2.06. The maximum atomic E-state index is 13.6. The molecule has 0 spiro atoms. The summed E-state index contributed by atoms with van der Waals surface area (Å²) in [5.41, 5.74) is 7.13. The van der Waals surface area contributed by atoms with Crippen LogP contribution < -0.4 is 11.5 Å². The second-order valence-electron chi connectivity index (χ2n) is 4.46. The average Bonchev–Trinajstić information content (AvgIpc) is 2.77. The Morgan fingerprint density at radius 2 is 2.24 bits per heavy atom. The van der Waals surface area contributed by atoms with Crippen molar-refractivity contribution in [2.75, 3.05) is 0 Å². The third-order valence-electron chi connectivity index (χ3n) is 3.06. The molecular formula is C14H10FN3O2S. The van der Waals surface area contributed by atoms with Gasteiger partial charge in [0.15, 0.2) is 11.2 Å². The number of nitrogens with zero attached hydrogens (tertiary/aromatic N) is 2. The van der Waals surface area contributed by atoms with Crippen molar-refractivity contribution in [3.8, 4) is 0 Å². The summed E-state index contributed by atoms with van der Waals surface area (Å²) in [4.78, 5) is 15.9. The van der Waals surface area contributed by atoms with Crippen molar-refractivity contribution >= 4 is 28.4 Å². The van der Waals surface area contributed by atoms with Gasteiger partial charge in [0.25, 0.3) is 0 Å². The third kappa shape index (κ3) is 2.43. The van der Waals surface area contributed by atoms with E-state index in [0.717, 1.165) is 0 Å². The van der Waals surface area contributed by atoms with Crippen LogP contribution in [0.1, 0.15) is 11.1 Å². The molecule has 106 valence electrons. The van der Waals surface area contributed by atoms with Crippen LogP contribution in [0, 0.1) is 5.82 Å². The Labute approximate surface area is 123 Å². The number of fused-ring (bicyclic) bond motifs is 1. The van der Waals surface area contributed by atoms with E-state index in [1.807, 2.05) is 0 Å². The molecule has 0 aliphatic carbocycles. The number of halogens is 1. The van der Waals surface area contributed by atoms with E-state index in [0.29, 0.717) is 16.8 Å². The molecule has 0 amide bonds. The molecule has 0 fully saturated rings. The van der Waals surface area contributed by atoms with E-state index in [9.17, 15) is 9.18 Å².